The van der Waals surface area contributed by atoms with Crippen LogP contribution in [0.2, 0.25) is 0 Å². The van der Waals surface area contributed by atoms with Gasteiger partial charge in [0.25, 0.3) is 5.91 Å². The largest absolute Gasteiger partial charge is 0.444 e. The molecule has 0 fully saturated rings. The Morgan fingerprint density at radius 2 is 1.73 bits per heavy atom. The van der Waals surface area contributed by atoms with Gasteiger partial charge in [-0.1, -0.05) is 55.1 Å². The van der Waals surface area contributed by atoms with Crippen LogP contribution in [0.4, 0.5) is 4.79 Å². The third-order valence-electron chi connectivity index (χ3n) is 4.09. The van der Waals surface area contributed by atoms with Gasteiger partial charge in [0, 0.05) is 17.6 Å². The smallest absolute Gasteiger partial charge is 0.408 e. The maximum absolute atomic E-state index is 13.1. The number of carbonyl (C=O) groups is 2. The van der Waals surface area contributed by atoms with Crippen molar-refractivity contribution in [2.75, 3.05) is 6.26 Å². The van der Waals surface area contributed by atoms with Crippen molar-refractivity contribution in [2.24, 2.45) is 4.36 Å². The third-order valence-corrected chi connectivity index (χ3v) is 5.76. The maximum Gasteiger partial charge on any atom is 0.408 e. The standard InChI is InChI=1S/C23H28N2O4S/c1-6-17-12-14-19(15-13-17)30(5,28)25-21(26)20(16-18-10-8-7-9-11-18)24-22(27)29-23(2,3)4/h6-15,20H,1,16H2,2-5H3,(H,24,27)/t20-,30-/m0/s1. The Hall–Kier alpha value is -2.93. The summed E-state index contributed by atoms with van der Waals surface area (Å²) in [7, 11) is -2.99. The van der Waals surface area contributed by atoms with Crippen LogP contribution in [0.25, 0.3) is 6.08 Å². The Morgan fingerprint density at radius 1 is 1.13 bits per heavy atom. The van der Waals surface area contributed by atoms with Gasteiger partial charge in [0.2, 0.25) is 0 Å². The molecule has 0 aromatic heterocycles. The molecule has 0 spiro atoms. The van der Waals surface area contributed by atoms with Gasteiger partial charge >= 0.3 is 6.09 Å². The predicted octanol–water partition coefficient (Wildman–Crippen LogP) is 4.45. The van der Waals surface area contributed by atoms with Crippen molar-refractivity contribution in [3.8, 4) is 0 Å². The molecule has 2 aromatic carbocycles. The SMILES string of the molecule is C=Cc1ccc([S@](C)(=O)=NC(=O)[C@H](Cc2ccccc2)NC(=O)OC(C)(C)C)cc1. The number of nitrogens with one attached hydrogen (secondary N) is 1. The van der Waals surface area contributed by atoms with Crippen molar-refractivity contribution in [2.45, 2.75) is 43.7 Å². The van der Waals surface area contributed by atoms with Crippen LogP contribution < -0.4 is 5.32 Å². The van der Waals surface area contributed by atoms with Gasteiger partial charge in [0.1, 0.15) is 11.6 Å². The molecule has 2 rings (SSSR count). The fraction of sp³-hybridized carbons (Fsp3) is 0.304. The van der Waals surface area contributed by atoms with Crippen molar-refractivity contribution >= 4 is 27.8 Å². The fourth-order valence-corrected chi connectivity index (χ4v) is 3.86. The lowest BCUT2D eigenvalue weighted by Gasteiger charge is -2.22. The molecule has 160 valence electrons. The number of alkyl carbamates (subject to hydrolysis) is 1. The van der Waals surface area contributed by atoms with Gasteiger partial charge in [-0.25, -0.2) is 9.00 Å². The van der Waals surface area contributed by atoms with Crippen molar-refractivity contribution in [3.63, 3.8) is 0 Å². The first kappa shape index (κ1) is 23.3. The van der Waals surface area contributed by atoms with Gasteiger partial charge in [0.05, 0.1) is 9.73 Å². The van der Waals surface area contributed by atoms with Crippen molar-refractivity contribution in [1.82, 2.24) is 5.32 Å². The van der Waals surface area contributed by atoms with Gasteiger partial charge in [-0.15, -0.1) is 0 Å². The molecule has 0 heterocycles. The molecule has 1 N–H and O–H groups in total. The van der Waals surface area contributed by atoms with Gasteiger partial charge < -0.3 is 10.1 Å². The Labute approximate surface area is 178 Å². The minimum atomic E-state index is -2.99. The van der Waals surface area contributed by atoms with E-state index in [1.54, 1.807) is 51.1 Å². The molecule has 2 atom stereocenters. The van der Waals surface area contributed by atoms with Gasteiger partial charge in [0.15, 0.2) is 0 Å². The van der Waals surface area contributed by atoms with Crippen LogP contribution in [0.3, 0.4) is 0 Å². The normalized spacial score (nSPS) is 14.1. The minimum absolute atomic E-state index is 0.202. The highest BCUT2D eigenvalue weighted by Gasteiger charge is 2.25. The van der Waals surface area contributed by atoms with Crippen LogP contribution in [0.1, 0.15) is 31.9 Å². The Balaban J connectivity index is 2.31. The first-order chi connectivity index (χ1) is 14.0. The van der Waals surface area contributed by atoms with E-state index in [1.807, 2.05) is 30.3 Å². The Bertz CT molecular complexity index is 1020. The number of benzene rings is 2. The lowest BCUT2D eigenvalue weighted by Crippen LogP contribution is -2.44. The second kappa shape index (κ2) is 9.71. The average molecular weight is 429 g/mol. The molecule has 0 saturated heterocycles. The molecule has 0 unspecified atom stereocenters. The zero-order chi connectivity index (χ0) is 22.4. The van der Waals surface area contributed by atoms with Gasteiger partial charge in [-0.05, 0) is 44.0 Å². The zero-order valence-corrected chi connectivity index (χ0v) is 18.6. The van der Waals surface area contributed by atoms with Crippen LogP contribution in [0.5, 0.6) is 0 Å². The highest BCUT2D eigenvalue weighted by Crippen LogP contribution is 2.15. The highest BCUT2D eigenvalue weighted by atomic mass is 32.2. The van der Waals surface area contributed by atoms with Crippen LogP contribution in [-0.4, -0.2) is 34.1 Å². The predicted molar refractivity (Wildman–Crippen MR) is 120 cm³/mol. The molecule has 0 aliphatic heterocycles. The number of nitrogens with zero attached hydrogens (tertiary/aromatic N) is 1. The summed E-state index contributed by atoms with van der Waals surface area (Å²) in [5.41, 5.74) is 0.987. The number of hydrogen-bond acceptors (Lipinski definition) is 4. The van der Waals surface area contributed by atoms with E-state index < -0.39 is 33.4 Å². The summed E-state index contributed by atoms with van der Waals surface area (Å²) in [6.45, 7) is 8.88. The summed E-state index contributed by atoms with van der Waals surface area (Å²) < 4.78 is 22.4. The molecule has 2 aromatic rings. The quantitative estimate of drug-likeness (QED) is 0.737. The number of carbonyl (C=O) groups excluding carboxylic acids is 2. The molecule has 0 aliphatic rings. The topological polar surface area (TPSA) is 84.8 Å². The summed E-state index contributed by atoms with van der Waals surface area (Å²) >= 11 is 0. The summed E-state index contributed by atoms with van der Waals surface area (Å²) in [6.07, 6.45) is 2.54. The molecular formula is C23H28N2O4S. The van der Waals surface area contributed by atoms with Crippen LogP contribution in [0, 0.1) is 0 Å². The van der Waals surface area contributed by atoms with E-state index in [4.69, 9.17) is 4.74 Å². The Morgan fingerprint density at radius 3 is 2.27 bits per heavy atom. The van der Waals surface area contributed by atoms with Crippen molar-refractivity contribution < 1.29 is 18.5 Å². The molecule has 30 heavy (non-hydrogen) atoms. The highest BCUT2D eigenvalue weighted by molar-refractivity contribution is 7.93. The van der Waals surface area contributed by atoms with E-state index in [2.05, 4.69) is 16.3 Å². The molecule has 0 bridgehead atoms. The van der Waals surface area contributed by atoms with Crippen molar-refractivity contribution in [1.29, 1.82) is 0 Å². The first-order valence-electron chi connectivity index (χ1n) is 9.52. The zero-order valence-electron chi connectivity index (χ0n) is 17.8. The van der Waals surface area contributed by atoms with Gasteiger partial charge in [-0.3, -0.25) is 4.79 Å². The summed E-state index contributed by atoms with van der Waals surface area (Å²) in [6, 6.07) is 15.0. The lowest BCUT2D eigenvalue weighted by atomic mass is 10.1. The summed E-state index contributed by atoms with van der Waals surface area (Å²) in [5, 5.41) is 2.57. The van der Waals surface area contributed by atoms with Crippen LogP contribution >= 0.6 is 0 Å². The summed E-state index contributed by atoms with van der Waals surface area (Å²) in [5.74, 6) is -0.676. The maximum atomic E-state index is 13.1. The lowest BCUT2D eigenvalue weighted by molar-refractivity contribution is -0.119. The first-order valence-corrected chi connectivity index (χ1v) is 11.4. The van der Waals surface area contributed by atoms with E-state index in [9.17, 15) is 13.8 Å². The fourth-order valence-electron chi connectivity index (χ4n) is 2.64. The summed E-state index contributed by atoms with van der Waals surface area (Å²) in [4.78, 5) is 25.6. The molecule has 0 aliphatic carbocycles. The van der Waals surface area contributed by atoms with E-state index in [0.717, 1.165) is 11.1 Å². The van der Waals surface area contributed by atoms with Crippen molar-refractivity contribution in [3.05, 3.63) is 72.3 Å². The number of amides is 2. The molecule has 0 saturated carbocycles. The number of rotatable bonds is 6. The third kappa shape index (κ3) is 7.15. The molecule has 0 radical (unpaired) electrons. The Kier molecular flexibility index (Phi) is 7.56. The molecular weight excluding hydrogens is 400 g/mol. The van der Waals surface area contributed by atoms with E-state index in [1.165, 1.54) is 6.26 Å². The average Bonchev–Trinajstić information content (AvgIpc) is 2.66. The minimum Gasteiger partial charge on any atom is -0.444 e. The van der Waals surface area contributed by atoms with E-state index >= 15 is 0 Å². The van der Waals surface area contributed by atoms with Crippen LogP contribution in [0.15, 0.2) is 70.4 Å². The molecule has 2 amide bonds. The number of ether oxygens (including phenoxy) is 1. The van der Waals surface area contributed by atoms with E-state index in [-0.39, 0.29) is 6.42 Å². The monoisotopic (exact) mass is 428 g/mol. The van der Waals surface area contributed by atoms with Gasteiger partial charge in [-0.2, -0.15) is 4.36 Å². The molecule has 6 nitrogen and oxygen atoms in total. The van der Waals surface area contributed by atoms with Crippen LogP contribution in [-0.2, 0) is 25.7 Å². The second-order valence-corrected chi connectivity index (χ2v) is 10.2. The number of hydrogen-bond donors (Lipinski definition) is 1. The van der Waals surface area contributed by atoms with E-state index in [0.29, 0.717) is 4.90 Å². The molecule has 7 heteroatoms. The second-order valence-electron chi connectivity index (χ2n) is 7.89.